The molecule has 1 aromatic rings. The highest BCUT2D eigenvalue weighted by atomic mass is 31.2. The second kappa shape index (κ2) is 6.24. The largest absolute Gasteiger partial charge is 0.0994 e. The SMILES string of the molecule is C[C@@H]1CCCP1CP1[C@H](C)CC[C@H]1c1ccccc1. The van der Waals surface area contributed by atoms with E-state index in [1.807, 2.05) is 0 Å². The van der Waals surface area contributed by atoms with E-state index in [-0.39, 0.29) is 7.92 Å². The molecule has 2 heteroatoms. The third-order valence-corrected chi connectivity index (χ3v) is 12.9. The molecule has 2 aliphatic heterocycles. The van der Waals surface area contributed by atoms with Gasteiger partial charge >= 0.3 is 0 Å². The van der Waals surface area contributed by atoms with Crippen LogP contribution in [0.5, 0.6) is 0 Å². The molecule has 19 heavy (non-hydrogen) atoms. The minimum Gasteiger partial charge on any atom is -0.0994 e. The van der Waals surface area contributed by atoms with E-state index >= 15 is 0 Å². The highest BCUT2D eigenvalue weighted by Gasteiger charge is 2.36. The quantitative estimate of drug-likeness (QED) is 0.598. The summed E-state index contributed by atoms with van der Waals surface area (Å²) >= 11 is 0. The predicted molar refractivity (Wildman–Crippen MR) is 90.1 cm³/mol. The first-order chi connectivity index (χ1) is 9.25. The van der Waals surface area contributed by atoms with Crippen molar-refractivity contribution in [2.75, 3.05) is 12.1 Å². The zero-order chi connectivity index (χ0) is 13.2. The molecule has 2 aliphatic rings. The lowest BCUT2D eigenvalue weighted by atomic mass is 10.1. The Balaban J connectivity index is 1.73. The number of hydrogen-bond acceptors (Lipinski definition) is 0. The molecule has 2 saturated heterocycles. The Hall–Kier alpha value is 0.0800. The molecule has 2 heterocycles. The van der Waals surface area contributed by atoms with Crippen molar-refractivity contribution in [1.82, 2.24) is 0 Å². The van der Waals surface area contributed by atoms with Gasteiger partial charge in [-0.3, -0.25) is 0 Å². The first kappa shape index (κ1) is 14.0. The molecule has 104 valence electrons. The molecule has 1 aromatic carbocycles. The number of rotatable bonds is 3. The lowest BCUT2D eigenvalue weighted by Gasteiger charge is -2.29. The average molecular weight is 292 g/mol. The van der Waals surface area contributed by atoms with Crippen LogP contribution in [0.4, 0.5) is 0 Å². The summed E-state index contributed by atoms with van der Waals surface area (Å²) in [5, 5.41) is 0. The van der Waals surface area contributed by atoms with E-state index in [1.165, 1.54) is 25.7 Å². The standard InChI is InChI=1S/C17H26P2/c1-14-7-6-12-18(14)13-19-15(2)10-11-17(19)16-8-4-3-5-9-16/h3-5,8-9,14-15,17H,6-7,10-13H2,1-2H3/t14-,15-,17+,18?,19?/m1/s1. The van der Waals surface area contributed by atoms with Gasteiger partial charge in [0, 0.05) is 5.66 Å². The molecule has 0 spiro atoms. The maximum atomic E-state index is 2.53. The van der Waals surface area contributed by atoms with Gasteiger partial charge in [0.25, 0.3) is 0 Å². The summed E-state index contributed by atoms with van der Waals surface area (Å²) in [6, 6.07) is 11.4. The topological polar surface area (TPSA) is 0 Å². The van der Waals surface area contributed by atoms with Crippen LogP contribution in [0.25, 0.3) is 0 Å². The minimum atomic E-state index is 0.245. The molecule has 3 rings (SSSR count). The van der Waals surface area contributed by atoms with Crippen LogP contribution in [-0.2, 0) is 0 Å². The summed E-state index contributed by atoms with van der Waals surface area (Å²) in [5.74, 6) is 1.62. The highest BCUT2D eigenvalue weighted by molar-refractivity contribution is 7.75. The molecule has 0 aliphatic carbocycles. The van der Waals surface area contributed by atoms with Crippen molar-refractivity contribution in [2.45, 2.75) is 56.5 Å². The Morgan fingerprint density at radius 2 is 1.79 bits per heavy atom. The fraction of sp³-hybridized carbons (Fsp3) is 0.647. The maximum Gasteiger partial charge on any atom is 0.00475 e. The second-order valence-electron chi connectivity index (χ2n) is 6.31. The van der Waals surface area contributed by atoms with Gasteiger partial charge < -0.3 is 0 Å². The zero-order valence-corrected chi connectivity index (χ0v) is 14.0. The van der Waals surface area contributed by atoms with Crippen molar-refractivity contribution in [1.29, 1.82) is 0 Å². The van der Waals surface area contributed by atoms with E-state index in [1.54, 1.807) is 17.6 Å². The molecule has 0 aromatic heterocycles. The van der Waals surface area contributed by atoms with Gasteiger partial charge in [-0.25, -0.2) is 0 Å². The molecule has 0 amide bonds. The Morgan fingerprint density at radius 3 is 2.47 bits per heavy atom. The van der Waals surface area contributed by atoms with Gasteiger partial charge in [-0.15, -0.1) is 0 Å². The van der Waals surface area contributed by atoms with Crippen molar-refractivity contribution >= 4 is 15.8 Å². The van der Waals surface area contributed by atoms with Crippen LogP contribution >= 0.6 is 15.8 Å². The third kappa shape index (κ3) is 3.06. The van der Waals surface area contributed by atoms with Crippen molar-refractivity contribution in [3.05, 3.63) is 35.9 Å². The average Bonchev–Trinajstić information content (AvgIpc) is 2.99. The summed E-state index contributed by atoms with van der Waals surface area (Å²) < 4.78 is 0. The predicted octanol–water partition coefficient (Wildman–Crippen LogP) is 6.01. The lowest BCUT2D eigenvalue weighted by molar-refractivity contribution is 0.771. The zero-order valence-electron chi connectivity index (χ0n) is 12.3. The van der Waals surface area contributed by atoms with Gasteiger partial charge in [0.05, 0.1) is 0 Å². The van der Waals surface area contributed by atoms with Gasteiger partial charge in [0.15, 0.2) is 0 Å². The Morgan fingerprint density at radius 1 is 1.00 bits per heavy atom. The summed E-state index contributed by atoms with van der Waals surface area (Å²) in [5.41, 5.74) is 4.62. The second-order valence-corrected chi connectivity index (χ2v) is 12.5. The molecule has 5 atom stereocenters. The van der Waals surface area contributed by atoms with E-state index in [0.29, 0.717) is 7.92 Å². The van der Waals surface area contributed by atoms with Crippen molar-refractivity contribution < 1.29 is 0 Å². The van der Waals surface area contributed by atoms with Crippen molar-refractivity contribution in [3.8, 4) is 0 Å². The van der Waals surface area contributed by atoms with Crippen LogP contribution in [0.2, 0.25) is 0 Å². The van der Waals surface area contributed by atoms with Crippen LogP contribution in [0.1, 0.15) is 50.8 Å². The molecule has 2 fully saturated rings. The Bertz CT molecular complexity index is 403. The van der Waals surface area contributed by atoms with Crippen LogP contribution < -0.4 is 0 Å². The third-order valence-electron chi connectivity index (χ3n) is 5.04. The van der Waals surface area contributed by atoms with E-state index in [9.17, 15) is 0 Å². The van der Waals surface area contributed by atoms with Crippen molar-refractivity contribution in [2.24, 2.45) is 0 Å². The molecule has 0 nitrogen and oxygen atoms in total. The van der Waals surface area contributed by atoms with Gasteiger partial charge in [0.2, 0.25) is 0 Å². The highest BCUT2D eigenvalue weighted by Crippen LogP contribution is 2.70. The van der Waals surface area contributed by atoms with Crippen molar-refractivity contribution in [3.63, 3.8) is 0 Å². The molecule has 0 N–H and O–H groups in total. The Labute approximate surface area is 120 Å². The summed E-state index contributed by atoms with van der Waals surface area (Å²) in [4.78, 5) is 0. The molecule has 0 saturated carbocycles. The first-order valence-corrected chi connectivity index (χ1v) is 11.2. The number of hydrogen-bond donors (Lipinski definition) is 0. The van der Waals surface area contributed by atoms with Crippen LogP contribution in [0.3, 0.4) is 0 Å². The molecule has 0 radical (unpaired) electrons. The summed E-state index contributed by atoms with van der Waals surface area (Å²) in [6.45, 7) is 5.05. The summed E-state index contributed by atoms with van der Waals surface area (Å²) in [6.07, 6.45) is 7.53. The fourth-order valence-electron chi connectivity index (χ4n) is 3.72. The minimum absolute atomic E-state index is 0.245. The molecular formula is C17H26P2. The van der Waals surface area contributed by atoms with Gasteiger partial charge in [-0.1, -0.05) is 60.0 Å². The van der Waals surface area contributed by atoms with Crippen LogP contribution in [0.15, 0.2) is 30.3 Å². The van der Waals surface area contributed by atoms with Gasteiger partial charge in [-0.2, -0.15) is 0 Å². The van der Waals surface area contributed by atoms with E-state index < -0.39 is 0 Å². The van der Waals surface area contributed by atoms with E-state index in [2.05, 4.69) is 44.2 Å². The van der Waals surface area contributed by atoms with E-state index in [0.717, 1.165) is 17.0 Å². The smallest absolute Gasteiger partial charge is 0.00475 e. The monoisotopic (exact) mass is 292 g/mol. The summed E-state index contributed by atoms with van der Waals surface area (Å²) in [7, 11) is 0.613. The molecule has 2 unspecified atom stereocenters. The fourth-order valence-corrected chi connectivity index (χ4v) is 12.7. The number of benzene rings is 1. The van der Waals surface area contributed by atoms with Crippen LogP contribution in [0, 0.1) is 0 Å². The van der Waals surface area contributed by atoms with Crippen LogP contribution in [-0.4, -0.2) is 23.4 Å². The lowest BCUT2D eigenvalue weighted by Crippen LogP contribution is -2.02. The van der Waals surface area contributed by atoms with E-state index in [4.69, 9.17) is 0 Å². The maximum absolute atomic E-state index is 2.53. The molecular weight excluding hydrogens is 266 g/mol. The normalized spacial score (nSPS) is 38.7. The molecule has 0 bridgehead atoms. The Kier molecular flexibility index (Phi) is 4.61. The van der Waals surface area contributed by atoms with Gasteiger partial charge in [0.1, 0.15) is 0 Å². The first-order valence-electron chi connectivity index (χ1n) is 7.80. The van der Waals surface area contributed by atoms with Gasteiger partial charge in [-0.05, 0) is 54.6 Å².